The molecule has 144 valence electrons. The Labute approximate surface area is 159 Å². The molecule has 0 bridgehead atoms. The number of rotatable bonds is 6. The van der Waals surface area contributed by atoms with E-state index in [4.69, 9.17) is 19.9 Å². The first-order chi connectivity index (χ1) is 13.1. The minimum absolute atomic E-state index is 0.586. The van der Waals surface area contributed by atoms with Gasteiger partial charge >= 0.3 is 0 Å². The predicted octanol–water partition coefficient (Wildman–Crippen LogP) is 1.89. The molecule has 27 heavy (non-hydrogen) atoms. The van der Waals surface area contributed by atoms with Crippen molar-refractivity contribution in [2.45, 2.75) is 33.4 Å². The summed E-state index contributed by atoms with van der Waals surface area (Å²) in [7, 11) is 0. The van der Waals surface area contributed by atoms with Crippen molar-refractivity contribution in [2.75, 3.05) is 38.6 Å². The van der Waals surface area contributed by atoms with Gasteiger partial charge in [0.2, 0.25) is 17.8 Å². The summed E-state index contributed by atoms with van der Waals surface area (Å²) < 4.78 is 15.1. The number of nitrogens with two attached hydrogens (primary N) is 1. The topological polar surface area (TPSA) is 73.3 Å². The SMILES string of the molecule is Cc1c(C)n(CCCN2CCOCC2)c2nc[n+](Cc3ccco3)c(N)c12. The maximum Gasteiger partial charge on any atom is 0.232 e. The van der Waals surface area contributed by atoms with Gasteiger partial charge < -0.3 is 19.5 Å². The lowest BCUT2D eigenvalue weighted by Crippen LogP contribution is -2.38. The molecule has 1 saturated heterocycles. The highest BCUT2D eigenvalue weighted by atomic mass is 16.5. The first-order valence-electron chi connectivity index (χ1n) is 9.61. The Bertz CT molecular complexity index is 910. The summed E-state index contributed by atoms with van der Waals surface area (Å²) >= 11 is 0. The summed E-state index contributed by atoms with van der Waals surface area (Å²) in [6.45, 7) is 10.7. The van der Waals surface area contributed by atoms with Crippen LogP contribution in [-0.2, 0) is 17.8 Å². The Balaban J connectivity index is 1.56. The molecule has 0 spiro atoms. The van der Waals surface area contributed by atoms with E-state index in [1.807, 2.05) is 23.0 Å². The molecule has 3 aromatic heterocycles. The summed E-state index contributed by atoms with van der Waals surface area (Å²) in [5, 5.41) is 1.05. The van der Waals surface area contributed by atoms with E-state index in [-0.39, 0.29) is 0 Å². The minimum Gasteiger partial charge on any atom is -0.466 e. The minimum atomic E-state index is 0.586. The fraction of sp³-hybridized carbons (Fsp3) is 0.500. The number of hydrogen-bond donors (Lipinski definition) is 1. The van der Waals surface area contributed by atoms with Gasteiger partial charge in [-0.3, -0.25) is 4.90 Å². The molecule has 7 nitrogen and oxygen atoms in total. The van der Waals surface area contributed by atoms with E-state index in [0.29, 0.717) is 6.54 Å². The molecule has 1 aliphatic heterocycles. The normalized spacial score (nSPS) is 15.6. The molecule has 0 radical (unpaired) electrons. The highest BCUT2D eigenvalue weighted by Crippen LogP contribution is 2.26. The van der Waals surface area contributed by atoms with Gasteiger partial charge in [0, 0.05) is 31.9 Å². The summed E-state index contributed by atoms with van der Waals surface area (Å²) in [4.78, 5) is 7.21. The lowest BCUT2D eigenvalue weighted by atomic mass is 10.2. The summed E-state index contributed by atoms with van der Waals surface area (Å²) in [6.07, 6.45) is 4.59. The number of fused-ring (bicyclic) bond motifs is 1. The van der Waals surface area contributed by atoms with E-state index in [2.05, 4.69) is 23.3 Å². The molecular formula is C20H28N5O2+. The molecule has 1 fully saturated rings. The number of anilines is 1. The van der Waals surface area contributed by atoms with Gasteiger partial charge in [0.05, 0.1) is 19.5 Å². The molecule has 0 unspecified atom stereocenters. The van der Waals surface area contributed by atoms with Crippen molar-refractivity contribution in [2.24, 2.45) is 0 Å². The number of morpholine rings is 1. The highest BCUT2D eigenvalue weighted by molar-refractivity contribution is 5.89. The van der Waals surface area contributed by atoms with E-state index >= 15 is 0 Å². The maximum absolute atomic E-state index is 6.51. The van der Waals surface area contributed by atoms with E-state index in [1.54, 1.807) is 6.26 Å². The molecule has 7 heteroatoms. The van der Waals surface area contributed by atoms with E-state index in [1.165, 1.54) is 11.3 Å². The molecule has 0 aliphatic carbocycles. The molecule has 1 aliphatic rings. The Morgan fingerprint density at radius 3 is 2.78 bits per heavy atom. The van der Waals surface area contributed by atoms with Crippen LogP contribution in [0.1, 0.15) is 23.4 Å². The Morgan fingerprint density at radius 2 is 2.04 bits per heavy atom. The van der Waals surface area contributed by atoms with Crippen LogP contribution in [0.2, 0.25) is 0 Å². The number of hydrogen-bond acceptors (Lipinski definition) is 5. The third-order valence-corrected chi connectivity index (χ3v) is 5.55. The second-order valence-electron chi connectivity index (χ2n) is 7.21. The lowest BCUT2D eigenvalue weighted by Gasteiger charge is -2.26. The molecule has 0 amide bonds. The summed E-state index contributed by atoms with van der Waals surface area (Å²) in [5.74, 6) is 1.61. The Hall–Kier alpha value is -2.38. The van der Waals surface area contributed by atoms with Crippen LogP contribution in [0, 0.1) is 13.8 Å². The standard InChI is InChI=1S/C20H27N5O2/c1-15-16(2)25(7-4-6-23-8-11-26-12-9-23)20-18(15)19(21)24(14-22-20)13-17-5-3-10-27-17/h3,5,10,14,21H,4,6-9,11-13H2,1-2H3/p+1. The van der Waals surface area contributed by atoms with Gasteiger partial charge in [0.15, 0.2) is 0 Å². The van der Waals surface area contributed by atoms with Gasteiger partial charge in [-0.1, -0.05) is 4.98 Å². The van der Waals surface area contributed by atoms with Crippen LogP contribution in [0.4, 0.5) is 5.82 Å². The van der Waals surface area contributed by atoms with Crippen LogP contribution in [-0.4, -0.2) is 47.3 Å². The first kappa shape index (κ1) is 18.0. The average molecular weight is 370 g/mol. The number of furan rings is 1. The van der Waals surface area contributed by atoms with Gasteiger partial charge in [0.25, 0.3) is 0 Å². The fourth-order valence-electron chi connectivity index (χ4n) is 3.86. The van der Waals surface area contributed by atoms with Crippen LogP contribution in [0.15, 0.2) is 29.1 Å². The lowest BCUT2D eigenvalue weighted by molar-refractivity contribution is -0.677. The number of aromatic nitrogens is 3. The largest absolute Gasteiger partial charge is 0.466 e. The monoisotopic (exact) mass is 370 g/mol. The predicted molar refractivity (Wildman–Crippen MR) is 104 cm³/mol. The quantitative estimate of drug-likeness (QED) is 0.671. The Morgan fingerprint density at radius 1 is 1.22 bits per heavy atom. The molecular weight excluding hydrogens is 342 g/mol. The second-order valence-corrected chi connectivity index (χ2v) is 7.21. The number of nitrogens with zero attached hydrogens (tertiary/aromatic N) is 4. The van der Waals surface area contributed by atoms with E-state index < -0.39 is 0 Å². The van der Waals surface area contributed by atoms with E-state index in [9.17, 15) is 0 Å². The average Bonchev–Trinajstić information content (AvgIpc) is 3.27. The zero-order chi connectivity index (χ0) is 18.8. The highest BCUT2D eigenvalue weighted by Gasteiger charge is 2.22. The van der Waals surface area contributed by atoms with Gasteiger partial charge in [-0.05, 0) is 38.0 Å². The molecule has 4 heterocycles. The van der Waals surface area contributed by atoms with Crippen LogP contribution in [0.5, 0.6) is 0 Å². The van der Waals surface area contributed by atoms with Crippen molar-refractivity contribution in [3.05, 3.63) is 41.7 Å². The number of ether oxygens (including phenoxy) is 1. The third-order valence-electron chi connectivity index (χ3n) is 5.55. The van der Waals surface area contributed by atoms with Gasteiger partial charge in [0.1, 0.15) is 17.7 Å². The van der Waals surface area contributed by atoms with E-state index in [0.717, 1.165) is 68.4 Å². The van der Waals surface area contributed by atoms with Crippen molar-refractivity contribution < 1.29 is 13.7 Å². The third kappa shape index (κ3) is 3.57. The van der Waals surface area contributed by atoms with Crippen LogP contribution < -0.4 is 10.3 Å². The van der Waals surface area contributed by atoms with Gasteiger partial charge in [-0.2, -0.15) is 0 Å². The summed E-state index contributed by atoms with van der Waals surface area (Å²) in [5.41, 5.74) is 9.92. The molecule has 3 aromatic rings. The smallest absolute Gasteiger partial charge is 0.232 e. The van der Waals surface area contributed by atoms with Crippen molar-refractivity contribution in [3.63, 3.8) is 0 Å². The zero-order valence-corrected chi connectivity index (χ0v) is 16.1. The Kier molecular flexibility index (Phi) is 5.13. The number of aryl methyl sites for hydroxylation is 2. The van der Waals surface area contributed by atoms with Gasteiger partial charge in [-0.15, -0.1) is 0 Å². The molecule has 4 rings (SSSR count). The molecule has 0 atom stereocenters. The van der Waals surface area contributed by atoms with Crippen LogP contribution in [0.25, 0.3) is 11.0 Å². The summed E-state index contributed by atoms with van der Waals surface area (Å²) in [6, 6.07) is 3.84. The van der Waals surface area contributed by atoms with Crippen LogP contribution >= 0.6 is 0 Å². The van der Waals surface area contributed by atoms with Crippen LogP contribution in [0.3, 0.4) is 0 Å². The van der Waals surface area contributed by atoms with Crippen molar-refractivity contribution in [1.29, 1.82) is 0 Å². The molecule has 0 aromatic carbocycles. The first-order valence-corrected chi connectivity index (χ1v) is 9.61. The van der Waals surface area contributed by atoms with Crippen molar-refractivity contribution in [1.82, 2.24) is 14.5 Å². The van der Waals surface area contributed by atoms with Crippen molar-refractivity contribution >= 4 is 16.9 Å². The van der Waals surface area contributed by atoms with Gasteiger partial charge in [-0.25, -0.2) is 4.57 Å². The second kappa shape index (κ2) is 7.70. The zero-order valence-electron chi connectivity index (χ0n) is 16.1. The number of nitrogen functional groups attached to an aromatic ring is 1. The molecule has 0 saturated carbocycles. The maximum atomic E-state index is 6.51. The van der Waals surface area contributed by atoms with Crippen molar-refractivity contribution in [3.8, 4) is 0 Å². The molecule has 2 N–H and O–H groups in total. The fourth-order valence-corrected chi connectivity index (χ4v) is 3.86.